The van der Waals surface area contributed by atoms with Crippen LogP contribution in [0.3, 0.4) is 0 Å². The van der Waals surface area contributed by atoms with E-state index >= 15 is 0 Å². The maximum atomic E-state index is 5.73. The van der Waals surface area contributed by atoms with Gasteiger partial charge in [-0.05, 0) is 25.2 Å². The highest BCUT2D eigenvalue weighted by Gasteiger charge is 2.22. The lowest BCUT2D eigenvalue weighted by Gasteiger charge is -2.09. The molecule has 0 bridgehead atoms. The zero-order valence-corrected chi connectivity index (χ0v) is 6.79. The van der Waals surface area contributed by atoms with Crippen molar-refractivity contribution < 1.29 is 0 Å². The molecule has 0 amide bonds. The molecule has 0 radical (unpaired) electrons. The third kappa shape index (κ3) is 2.04. The van der Waals surface area contributed by atoms with Crippen molar-refractivity contribution in [3.8, 4) is 0 Å². The fourth-order valence-electron chi connectivity index (χ4n) is 1.56. The zero-order chi connectivity index (χ0) is 7.68. The van der Waals surface area contributed by atoms with Crippen LogP contribution >= 0.6 is 0 Å². The van der Waals surface area contributed by atoms with Gasteiger partial charge < -0.3 is 11.1 Å². The van der Waals surface area contributed by atoms with E-state index in [2.05, 4.69) is 17.5 Å². The lowest BCUT2D eigenvalue weighted by Crippen LogP contribution is -2.25. The molecule has 0 heterocycles. The van der Waals surface area contributed by atoms with E-state index in [4.69, 9.17) is 5.73 Å². The van der Waals surface area contributed by atoms with Crippen LogP contribution in [0.4, 0.5) is 0 Å². The number of hydrogen-bond donors (Lipinski definition) is 2. The molecule has 2 aliphatic rings. The minimum absolute atomic E-state index is 0.320. The van der Waals surface area contributed by atoms with Crippen molar-refractivity contribution in [3.63, 3.8) is 0 Å². The van der Waals surface area contributed by atoms with Crippen molar-refractivity contribution in [1.82, 2.24) is 5.32 Å². The molecule has 0 spiro atoms. The molecular weight excluding hydrogens is 136 g/mol. The topological polar surface area (TPSA) is 38.0 Å². The summed E-state index contributed by atoms with van der Waals surface area (Å²) >= 11 is 0. The van der Waals surface area contributed by atoms with Gasteiger partial charge in [0, 0.05) is 18.6 Å². The Hall–Kier alpha value is -0.340. The quantitative estimate of drug-likeness (QED) is 0.582. The smallest absolute Gasteiger partial charge is 0.0229 e. The third-order valence-corrected chi connectivity index (χ3v) is 2.45. The zero-order valence-electron chi connectivity index (χ0n) is 6.79. The van der Waals surface area contributed by atoms with E-state index in [1.807, 2.05) is 0 Å². The second-order valence-electron chi connectivity index (χ2n) is 3.73. The average Bonchev–Trinajstić information content (AvgIpc) is 2.72. The van der Waals surface area contributed by atoms with Gasteiger partial charge in [0.15, 0.2) is 0 Å². The van der Waals surface area contributed by atoms with Crippen molar-refractivity contribution in [2.45, 2.75) is 31.3 Å². The monoisotopic (exact) mass is 152 g/mol. The Labute approximate surface area is 67.8 Å². The van der Waals surface area contributed by atoms with Gasteiger partial charge in [-0.2, -0.15) is 0 Å². The van der Waals surface area contributed by atoms with Gasteiger partial charge in [-0.3, -0.25) is 0 Å². The van der Waals surface area contributed by atoms with Crippen molar-refractivity contribution in [2.75, 3.05) is 6.54 Å². The van der Waals surface area contributed by atoms with Crippen molar-refractivity contribution in [1.29, 1.82) is 0 Å². The second kappa shape index (κ2) is 2.95. The van der Waals surface area contributed by atoms with Gasteiger partial charge in [0.1, 0.15) is 0 Å². The first-order valence-electron chi connectivity index (χ1n) is 4.52. The van der Waals surface area contributed by atoms with Crippen LogP contribution in [0.5, 0.6) is 0 Å². The summed E-state index contributed by atoms with van der Waals surface area (Å²) in [4.78, 5) is 0. The van der Waals surface area contributed by atoms with E-state index in [-0.39, 0.29) is 0 Å². The summed E-state index contributed by atoms with van der Waals surface area (Å²) in [6.07, 6.45) is 8.27. The van der Waals surface area contributed by atoms with Crippen LogP contribution in [0.2, 0.25) is 0 Å². The predicted octanol–water partition coefficient (Wildman–Crippen LogP) is 0.642. The van der Waals surface area contributed by atoms with Gasteiger partial charge in [0.25, 0.3) is 0 Å². The van der Waals surface area contributed by atoms with Gasteiger partial charge in [-0.1, -0.05) is 12.2 Å². The molecule has 0 aromatic rings. The molecule has 0 aliphatic heterocycles. The van der Waals surface area contributed by atoms with E-state index in [0.29, 0.717) is 12.0 Å². The van der Waals surface area contributed by atoms with Crippen molar-refractivity contribution >= 4 is 0 Å². The minimum Gasteiger partial charge on any atom is -0.324 e. The maximum Gasteiger partial charge on any atom is 0.0229 e. The molecule has 2 aliphatic carbocycles. The molecule has 0 aromatic carbocycles. The Morgan fingerprint density at radius 2 is 2.18 bits per heavy atom. The second-order valence-corrected chi connectivity index (χ2v) is 3.73. The first-order chi connectivity index (χ1) is 5.34. The Bertz CT molecular complexity index is 161. The van der Waals surface area contributed by atoms with Crippen LogP contribution in [-0.4, -0.2) is 18.6 Å². The van der Waals surface area contributed by atoms with Crippen LogP contribution < -0.4 is 11.1 Å². The molecule has 3 N–H and O–H groups in total. The highest BCUT2D eigenvalue weighted by molar-refractivity contribution is 5.05. The maximum absolute atomic E-state index is 5.73. The SMILES string of the molecule is NC1C=CC(CNC2CC2)C1. The van der Waals surface area contributed by atoms with Crippen LogP contribution in [0, 0.1) is 5.92 Å². The molecule has 2 heteroatoms. The minimum atomic E-state index is 0.320. The molecule has 2 rings (SSSR count). The third-order valence-electron chi connectivity index (χ3n) is 2.45. The highest BCUT2D eigenvalue weighted by atomic mass is 14.9. The molecule has 1 fully saturated rings. The van der Waals surface area contributed by atoms with Crippen LogP contribution in [0.25, 0.3) is 0 Å². The summed E-state index contributed by atoms with van der Waals surface area (Å²) in [5.41, 5.74) is 5.73. The summed E-state index contributed by atoms with van der Waals surface area (Å²) in [6, 6.07) is 1.15. The molecule has 2 nitrogen and oxygen atoms in total. The number of rotatable bonds is 3. The normalized spacial score (nSPS) is 36.5. The van der Waals surface area contributed by atoms with Crippen molar-refractivity contribution in [2.24, 2.45) is 11.7 Å². The first kappa shape index (κ1) is 7.32. The molecular formula is C9H16N2. The Balaban J connectivity index is 1.66. The number of hydrogen-bond acceptors (Lipinski definition) is 2. The van der Waals surface area contributed by atoms with Crippen LogP contribution in [0.1, 0.15) is 19.3 Å². The number of nitrogens with two attached hydrogens (primary N) is 1. The summed E-state index contributed by atoms with van der Waals surface area (Å²) in [7, 11) is 0. The number of nitrogens with one attached hydrogen (secondary N) is 1. The van der Waals surface area contributed by atoms with E-state index in [1.54, 1.807) is 0 Å². The summed E-state index contributed by atoms with van der Waals surface area (Å²) in [5.74, 6) is 0.700. The molecule has 0 saturated heterocycles. The van der Waals surface area contributed by atoms with Gasteiger partial charge in [0.2, 0.25) is 0 Å². The lowest BCUT2D eigenvalue weighted by molar-refractivity contribution is 0.526. The van der Waals surface area contributed by atoms with Gasteiger partial charge >= 0.3 is 0 Å². The fraction of sp³-hybridized carbons (Fsp3) is 0.778. The molecule has 1 saturated carbocycles. The first-order valence-corrected chi connectivity index (χ1v) is 4.52. The van der Waals surface area contributed by atoms with Crippen molar-refractivity contribution in [3.05, 3.63) is 12.2 Å². The standard InChI is InChI=1S/C9H16N2/c10-8-2-1-7(5-8)6-11-9-3-4-9/h1-2,7-9,11H,3-6,10H2. The largest absolute Gasteiger partial charge is 0.324 e. The Morgan fingerprint density at radius 3 is 2.73 bits per heavy atom. The predicted molar refractivity (Wildman–Crippen MR) is 46.2 cm³/mol. The van der Waals surface area contributed by atoms with E-state index < -0.39 is 0 Å². The summed E-state index contributed by atoms with van der Waals surface area (Å²) in [6.45, 7) is 1.13. The molecule has 2 unspecified atom stereocenters. The fourth-order valence-corrected chi connectivity index (χ4v) is 1.56. The molecule has 2 atom stereocenters. The Kier molecular flexibility index (Phi) is 1.96. The van der Waals surface area contributed by atoms with Gasteiger partial charge in [0.05, 0.1) is 0 Å². The average molecular weight is 152 g/mol. The van der Waals surface area contributed by atoms with Crippen LogP contribution in [0.15, 0.2) is 12.2 Å². The van der Waals surface area contributed by atoms with E-state index in [9.17, 15) is 0 Å². The molecule has 11 heavy (non-hydrogen) atoms. The van der Waals surface area contributed by atoms with E-state index in [1.165, 1.54) is 12.8 Å². The van der Waals surface area contributed by atoms with Gasteiger partial charge in [-0.15, -0.1) is 0 Å². The van der Waals surface area contributed by atoms with E-state index in [0.717, 1.165) is 19.0 Å². The Morgan fingerprint density at radius 1 is 1.36 bits per heavy atom. The highest BCUT2D eigenvalue weighted by Crippen LogP contribution is 2.21. The lowest BCUT2D eigenvalue weighted by atomic mass is 10.1. The van der Waals surface area contributed by atoms with Crippen LogP contribution in [-0.2, 0) is 0 Å². The summed E-state index contributed by atoms with van der Waals surface area (Å²) < 4.78 is 0. The van der Waals surface area contributed by atoms with Gasteiger partial charge in [-0.25, -0.2) is 0 Å². The summed E-state index contributed by atoms with van der Waals surface area (Å²) in [5, 5.41) is 3.51. The molecule has 0 aromatic heterocycles. The molecule has 62 valence electrons.